The fraction of sp³-hybridized carbons (Fsp3) is 1.00. The summed E-state index contributed by atoms with van der Waals surface area (Å²) < 4.78 is 25.0. The smallest absolute Gasteiger partial charge is 0.224 e. The Kier molecular flexibility index (Phi) is 3.55. The van der Waals surface area contributed by atoms with Gasteiger partial charge in [0, 0.05) is 18.6 Å². The molecule has 14 heavy (non-hydrogen) atoms. The Labute approximate surface area is 86.9 Å². The van der Waals surface area contributed by atoms with Gasteiger partial charge in [-0.1, -0.05) is 6.92 Å². The van der Waals surface area contributed by atoms with E-state index in [0.29, 0.717) is 12.6 Å². The molecule has 0 radical (unpaired) electrons. The van der Waals surface area contributed by atoms with Crippen LogP contribution in [0.15, 0.2) is 0 Å². The predicted octanol–water partition coefficient (Wildman–Crippen LogP) is 1.06. The minimum Gasteiger partial charge on any atom is -0.224 e. The van der Waals surface area contributed by atoms with E-state index in [1.807, 2.05) is 18.9 Å². The fourth-order valence-corrected chi connectivity index (χ4v) is 3.61. The van der Waals surface area contributed by atoms with Crippen molar-refractivity contribution in [3.8, 4) is 0 Å². The van der Waals surface area contributed by atoms with Crippen molar-refractivity contribution in [2.75, 3.05) is 12.3 Å². The van der Waals surface area contributed by atoms with Crippen LogP contribution in [0.25, 0.3) is 0 Å². The molecule has 0 aromatic rings. The lowest BCUT2D eigenvalue weighted by atomic mass is 10.2. The predicted molar refractivity (Wildman–Crippen MR) is 57.2 cm³/mol. The van der Waals surface area contributed by atoms with Crippen LogP contribution in [0.5, 0.6) is 0 Å². The zero-order valence-corrected chi connectivity index (χ0v) is 10.2. The molecule has 0 aromatic heterocycles. The van der Waals surface area contributed by atoms with Gasteiger partial charge in [0.1, 0.15) is 0 Å². The Balaban J connectivity index is 2.90. The average Bonchev–Trinajstić information content (AvgIpc) is 2.39. The van der Waals surface area contributed by atoms with E-state index in [2.05, 4.69) is 13.8 Å². The summed E-state index contributed by atoms with van der Waals surface area (Å²) >= 11 is 0. The summed E-state index contributed by atoms with van der Waals surface area (Å²) in [7, 11) is -3.03. The van der Waals surface area contributed by atoms with Crippen LogP contribution in [-0.4, -0.2) is 42.2 Å². The molecule has 0 amide bonds. The van der Waals surface area contributed by atoms with Crippen LogP contribution < -0.4 is 0 Å². The van der Waals surface area contributed by atoms with Gasteiger partial charge < -0.3 is 0 Å². The molecule has 84 valence electrons. The molecule has 1 unspecified atom stereocenters. The molecule has 0 aliphatic carbocycles. The van der Waals surface area contributed by atoms with Gasteiger partial charge in [-0.3, -0.25) is 0 Å². The molecule has 1 aliphatic heterocycles. The van der Waals surface area contributed by atoms with E-state index in [1.54, 1.807) is 4.41 Å². The Bertz CT molecular complexity index is 287. The first-order valence-corrected chi connectivity index (χ1v) is 6.79. The topological polar surface area (TPSA) is 40.6 Å². The van der Waals surface area contributed by atoms with E-state index >= 15 is 0 Å². The SMILES string of the molecule is CCC(C)N1CCS(=O)(=O)N1C(C)C. The van der Waals surface area contributed by atoms with Crippen LogP contribution >= 0.6 is 0 Å². The molecule has 0 saturated carbocycles. The maximum Gasteiger partial charge on any atom is 0.228 e. The molecular weight excluding hydrogens is 200 g/mol. The van der Waals surface area contributed by atoms with Gasteiger partial charge in [0.15, 0.2) is 0 Å². The lowest BCUT2D eigenvalue weighted by molar-refractivity contribution is 0.0203. The van der Waals surface area contributed by atoms with Gasteiger partial charge >= 0.3 is 0 Å². The second-order valence-electron chi connectivity index (χ2n) is 4.10. The molecule has 4 nitrogen and oxygen atoms in total. The van der Waals surface area contributed by atoms with Crippen LogP contribution in [0.3, 0.4) is 0 Å². The van der Waals surface area contributed by atoms with Crippen LogP contribution in [-0.2, 0) is 10.0 Å². The average molecular weight is 220 g/mol. The molecule has 1 fully saturated rings. The first-order valence-electron chi connectivity index (χ1n) is 5.18. The van der Waals surface area contributed by atoms with Gasteiger partial charge in [-0.15, -0.1) is 4.41 Å². The quantitative estimate of drug-likeness (QED) is 0.714. The third-order valence-corrected chi connectivity index (χ3v) is 4.56. The minimum absolute atomic E-state index is 0.0245. The van der Waals surface area contributed by atoms with E-state index in [4.69, 9.17) is 0 Å². The van der Waals surface area contributed by atoms with Crippen LogP contribution in [0.4, 0.5) is 0 Å². The standard InChI is InChI=1S/C9H20N2O2S/c1-5-9(4)10-6-7-14(12,13)11(10)8(2)3/h8-9H,5-7H2,1-4H3. The summed E-state index contributed by atoms with van der Waals surface area (Å²) in [4.78, 5) is 0. The summed E-state index contributed by atoms with van der Waals surface area (Å²) in [6.07, 6.45) is 0.971. The molecule has 1 atom stereocenters. The second-order valence-corrected chi connectivity index (χ2v) is 6.05. The second kappa shape index (κ2) is 4.16. The molecule has 0 aromatic carbocycles. The first kappa shape index (κ1) is 11.9. The fourth-order valence-electron chi connectivity index (χ4n) is 1.80. The van der Waals surface area contributed by atoms with Gasteiger partial charge in [-0.25, -0.2) is 13.4 Å². The van der Waals surface area contributed by atoms with Crippen LogP contribution in [0, 0.1) is 0 Å². The number of hydrogen-bond acceptors (Lipinski definition) is 3. The molecule has 0 bridgehead atoms. The molecular formula is C9H20N2O2S. The van der Waals surface area contributed by atoms with Crippen molar-refractivity contribution in [3.63, 3.8) is 0 Å². The molecule has 0 spiro atoms. The lowest BCUT2D eigenvalue weighted by Gasteiger charge is -2.33. The third kappa shape index (κ3) is 2.10. The van der Waals surface area contributed by atoms with Crippen molar-refractivity contribution in [2.24, 2.45) is 0 Å². The maximum absolute atomic E-state index is 11.7. The van der Waals surface area contributed by atoms with E-state index in [0.717, 1.165) is 6.42 Å². The van der Waals surface area contributed by atoms with Crippen LogP contribution in [0.2, 0.25) is 0 Å². The van der Waals surface area contributed by atoms with Crippen LogP contribution in [0.1, 0.15) is 34.1 Å². The molecule has 1 rings (SSSR count). The number of nitrogens with zero attached hydrogens (tertiary/aromatic N) is 2. The van der Waals surface area contributed by atoms with Crippen molar-refractivity contribution in [3.05, 3.63) is 0 Å². The van der Waals surface area contributed by atoms with Crippen molar-refractivity contribution < 1.29 is 8.42 Å². The zero-order chi connectivity index (χ0) is 10.9. The highest BCUT2D eigenvalue weighted by atomic mass is 32.2. The zero-order valence-electron chi connectivity index (χ0n) is 9.40. The van der Waals surface area contributed by atoms with Gasteiger partial charge in [-0.05, 0) is 27.2 Å². The van der Waals surface area contributed by atoms with Gasteiger partial charge in [0.05, 0.1) is 5.75 Å². The summed E-state index contributed by atoms with van der Waals surface area (Å²) in [5.74, 6) is 0.259. The Hall–Kier alpha value is -0.130. The van der Waals surface area contributed by atoms with Crippen molar-refractivity contribution in [2.45, 2.75) is 46.2 Å². The number of hydrogen-bond donors (Lipinski definition) is 0. The van der Waals surface area contributed by atoms with E-state index in [1.165, 1.54) is 0 Å². The number of sulfonamides is 1. The molecule has 5 heteroatoms. The van der Waals surface area contributed by atoms with E-state index < -0.39 is 10.0 Å². The Morgan fingerprint density at radius 1 is 1.29 bits per heavy atom. The monoisotopic (exact) mass is 220 g/mol. The van der Waals surface area contributed by atoms with Gasteiger partial charge in [0.25, 0.3) is 0 Å². The summed E-state index contributed by atoms with van der Waals surface area (Å²) in [5, 5.41) is 1.97. The highest BCUT2D eigenvalue weighted by Gasteiger charge is 2.39. The molecule has 1 heterocycles. The number of hydrazine groups is 1. The van der Waals surface area contributed by atoms with Gasteiger partial charge in [0.2, 0.25) is 10.0 Å². The Morgan fingerprint density at radius 2 is 1.86 bits per heavy atom. The first-order chi connectivity index (χ1) is 6.40. The van der Waals surface area contributed by atoms with E-state index in [9.17, 15) is 8.42 Å². The largest absolute Gasteiger partial charge is 0.228 e. The van der Waals surface area contributed by atoms with Gasteiger partial charge in [-0.2, -0.15) is 0 Å². The Morgan fingerprint density at radius 3 is 2.29 bits per heavy atom. The maximum atomic E-state index is 11.7. The summed E-state index contributed by atoms with van der Waals surface area (Å²) in [5.41, 5.74) is 0. The lowest BCUT2D eigenvalue weighted by Crippen LogP contribution is -2.47. The number of rotatable bonds is 3. The summed E-state index contributed by atoms with van der Waals surface area (Å²) in [6.45, 7) is 8.61. The minimum atomic E-state index is -3.03. The highest BCUT2D eigenvalue weighted by molar-refractivity contribution is 7.89. The summed E-state index contributed by atoms with van der Waals surface area (Å²) in [6, 6.07) is 0.325. The highest BCUT2D eigenvalue weighted by Crippen LogP contribution is 2.22. The van der Waals surface area contributed by atoms with E-state index in [-0.39, 0.29) is 11.8 Å². The molecule has 0 N–H and O–H groups in total. The molecule has 1 aliphatic rings. The van der Waals surface area contributed by atoms with Crippen molar-refractivity contribution in [1.82, 2.24) is 9.42 Å². The third-order valence-electron chi connectivity index (χ3n) is 2.66. The normalized spacial score (nSPS) is 25.8. The van der Waals surface area contributed by atoms with Crippen molar-refractivity contribution >= 4 is 10.0 Å². The molecule has 1 saturated heterocycles. The van der Waals surface area contributed by atoms with Crippen molar-refractivity contribution in [1.29, 1.82) is 0 Å².